The first-order valence-electron chi connectivity index (χ1n) is 8.46. The molecule has 0 radical (unpaired) electrons. The molecule has 0 unspecified atom stereocenters. The number of nitrogens with one attached hydrogen (secondary N) is 1. The third kappa shape index (κ3) is 4.13. The average Bonchev–Trinajstić information content (AvgIpc) is 3.15. The lowest BCUT2D eigenvalue weighted by Crippen LogP contribution is -2.24. The van der Waals surface area contributed by atoms with Gasteiger partial charge in [0.2, 0.25) is 5.91 Å². The molecule has 28 heavy (non-hydrogen) atoms. The number of hydrogen-bond donors (Lipinski definition) is 1. The molecule has 9 heteroatoms. The molecule has 0 bridgehead atoms. The lowest BCUT2D eigenvalue weighted by molar-refractivity contribution is -0.118. The van der Waals surface area contributed by atoms with Crippen LogP contribution in [0.25, 0.3) is 17.0 Å². The Morgan fingerprint density at radius 3 is 2.82 bits per heavy atom. The summed E-state index contributed by atoms with van der Waals surface area (Å²) in [7, 11) is 0. The van der Waals surface area contributed by atoms with E-state index in [1.54, 1.807) is 23.0 Å². The van der Waals surface area contributed by atoms with E-state index < -0.39 is 0 Å². The van der Waals surface area contributed by atoms with E-state index >= 15 is 0 Å². The smallest absolute Gasteiger partial charge is 0.230 e. The monoisotopic (exact) mass is 410 g/mol. The molecule has 4 aromatic rings. The van der Waals surface area contributed by atoms with E-state index in [0.717, 1.165) is 11.1 Å². The fourth-order valence-corrected chi connectivity index (χ4v) is 3.44. The number of fused-ring (bicyclic) bond motifs is 1. The summed E-state index contributed by atoms with van der Waals surface area (Å²) in [6, 6.07) is 14.8. The van der Waals surface area contributed by atoms with Gasteiger partial charge < -0.3 is 5.32 Å². The Morgan fingerprint density at radius 1 is 1.11 bits per heavy atom. The summed E-state index contributed by atoms with van der Waals surface area (Å²) in [6.45, 7) is 0.391. The van der Waals surface area contributed by atoms with E-state index in [9.17, 15) is 4.79 Å². The number of carbonyl (C=O) groups excluding carboxylic acids is 1. The lowest BCUT2D eigenvalue weighted by atomic mass is 10.2. The Balaban J connectivity index is 1.42. The number of nitrogens with zero attached hydrogens (tertiary/aromatic N) is 5. The summed E-state index contributed by atoms with van der Waals surface area (Å²) < 4.78 is 1.65. The van der Waals surface area contributed by atoms with E-state index in [1.165, 1.54) is 11.8 Å². The van der Waals surface area contributed by atoms with Crippen LogP contribution in [-0.2, 0) is 11.3 Å². The summed E-state index contributed by atoms with van der Waals surface area (Å²) in [5.41, 5.74) is 2.33. The maximum Gasteiger partial charge on any atom is 0.230 e. The Labute approximate surface area is 170 Å². The zero-order valence-corrected chi connectivity index (χ0v) is 16.2. The van der Waals surface area contributed by atoms with Gasteiger partial charge in [0.15, 0.2) is 11.5 Å². The van der Waals surface area contributed by atoms with Crippen LogP contribution in [0.5, 0.6) is 0 Å². The number of carbonyl (C=O) groups is 1. The van der Waals surface area contributed by atoms with Crippen LogP contribution in [0.1, 0.15) is 5.56 Å². The highest BCUT2D eigenvalue weighted by atomic mass is 35.5. The number of pyridine rings is 1. The molecule has 7 nitrogen and oxygen atoms in total. The molecule has 140 valence electrons. The largest absolute Gasteiger partial charge is 0.351 e. The van der Waals surface area contributed by atoms with Crippen molar-refractivity contribution < 1.29 is 4.79 Å². The third-order valence-corrected chi connectivity index (χ3v) is 5.23. The molecule has 0 aliphatic heterocycles. The molecule has 3 heterocycles. The number of rotatable bonds is 6. The molecule has 4 rings (SSSR count). The number of aromatic nitrogens is 5. The molecule has 0 saturated carbocycles. The van der Waals surface area contributed by atoms with E-state index in [0.29, 0.717) is 28.1 Å². The molecule has 1 amide bonds. The normalized spacial score (nSPS) is 10.9. The van der Waals surface area contributed by atoms with Crippen molar-refractivity contribution in [2.75, 3.05) is 5.75 Å². The van der Waals surface area contributed by atoms with E-state index in [-0.39, 0.29) is 11.7 Å². The SMILES string of the molecule is O=C(CSc1ccc2nnc(-c3cccnc3)n2n1)NCc1ccccc1Cl. The molecule has 0 fully saturated rings. The fraction of sp³-hybridized carbons (Fsp3) is 0.105. The van der Waals surface area contributed by atoms with Crippen molar-refractivity contribution in [3.05, 3.63) is 71.5 Å². The Hall–Kier alpha value is -2.97. The van der Waals surface area contributed by atoms with Crippen molar-refractivity contribution in [1.82, 2.24) is 30.1 Å². The van der Waals surface area contributed by atoms with Gasteiger partial charge in [-0.05, 0) is 35.9 Å². The van der Waals surface area contributed by atoms with Crippen molar-refractivity contribution in [3.8, 4) is 11.4 Å². The topological polar surface area (TPSA) is 85.1 Å². The average molecular weight is 411 g/mol. The molecule has 1 N–H and O–H groups in total. The summed E-state index contributed by atoms with van der Waals surface area (Å²) in [4.78, 5) is 16.3. The van der Waals surface area contributed by atoms with Crippen LogP contribution < -0.4 is 5.32 Å². The van der Waals surface area contributed by atoms with Gasteiger partial charge >= 0.3 is 0 Å². The van der Waals surface area contributed by atoms with Gasteiger partial charge in [-0.15, -0.1) is 10.2 Å². The Bertz CT molecular complexity index is 1120. The van der Waals surface area contributed by atoms with Crippen LogP contribution in [0.15, 0.2) is 66.0 Å². The van der Waals surface area contributed by atoms with Crippen molar-refractivity contribution in [1.29, 1.82) is 0 Å². The van der Waals surface area contributed by atoms with E-state index in [4.69, 9.17) is 11.6 Å². The summed E-state index contributed by atoms with van der Waals surface area (Å²) in [6.07, 6.45) is 3.41. The molecule has 1 aromatic carbocycles. The second kappa shape index (κ2) is 8.37. The predicted molar refractivity (Wildman–Crippen MR) is 108 cm³/mol. The fourth-order valence-electron chi connectivity index (χ4n) is 2.55. The zero-order valence-electron chi connectivity index (χ0n) is 14.6. The van der Waals surface area contributed by atoms with Crippen LogP contribution in [0.2, 0.25) is 5.02 Å². The first kappa shape index (κ1) is 18.4. The second-order valence-electron chi connectivity index (χ2n) is 5.86. The zero-order chi connectivity index (χ0) is 19.3. The van der Waals surface area contributed by atoms with Crippen molar-refractivity contribution in [2.45, 2.75) is 11.6 Å². The third-order valence-electron chi connectivity index (χ3n) is 3.94. The predicted octanol–water partition coefficient (Wildman–Crippen LogP) is 3.25. The highest BCUT2D eigenvalue weighted by molar-refractivity contribution is 7.99. The van der Waals surface area contributed by atoms with Crippen molar-refractivity contribution in [2.24, 2.45) is 0 Å². The molecule has 0 aliphatic rings. The number of thioether (sulfide) groups is 1. The van der Waals surface area contributed by atoms with Crippen molar-refractivity contribution in [3.63, 3.8) is 0 Å². The standard InChI is InChI=1S/C19H15ClN6OS/c20-15-6-2-1-4-13(15)11-22-17(27)12-28-18-8-7-16-23-24-19(26(16)25-18)14-5-3-9-21-10-14/h1-10H,11-12H2,(H,22,27). The van der Waals surface area contributed by atoms with Gasteiger partial charge in [0.1, 0.15) is 5.03 Å². The molecule has 3 aromatic heterocycles. The first-order chi connectivity index (χ1) is 13.7. The molecule has 0 saturated heterocycles. The van der Waals surface area contributed by atoms with Crippen molar-refractivity contribution >= 4 is 34.9 Å². The van der Waals surface area contributed by atoms with Crippen LogP contribution >= 0.6 is 23.4 Å². The molecule has 0 aliphatic carbocycles. The van der Waals surface area contributed by atoms with Crippen LogP contribution in [0.4, 0.5) is 0 Å². The molecular weight excluding hydrogens is 396 g/mol. The number of amides is 1. The van der Waals surface area contributed by atoms with Gasteiger partial charge in [0.25, 0.3) is 0 Å². The van der Waals surface area contributed by atoms with Crippen LogP contribution in [0, 0.1) is 0 Å². The Morgan fingerprint density at radius 2 is 2.00 bits per heavy atom. The van der Waals surface area contributed by atoms with Gasteiger partial charge in [-0.3, -0.25) is 9.78 Å². The minimum Gasteiger partial charge on any atom is -0.351 e. The number of benzene rings is 1. The van der Waals surface area contributed by atoms with Gasteiger partial charge in [-0.2, -0.15) is 9.61 Å². The lowest BCUT2D eigenvalue weighted by Gasteiger charge is -2.07. The maximum atomic E-state index is 12.2. The summed E-state index contributed by atoms with van der Waals surface area (Å²) in [5, 5.41) is 17.1. The summed E-state index contributed by atoms with van der Waals surface area (Å²) >= 11 is 7.45. The molecule has 0 spiro atoms. The maximum absolute atomic E-state index is 12.2. The molecule has 0 atom stereocenters. The highest BCUT2D eigenvalue weighted by Gasteiger charge is 2.11. The first-order valence-corrected chi connectivity index (χ1v) is 9.83. The minimum absolute atomic E-state index is 0.0944. The number of halogens is 1. The highest BCUT2D eigenvalue weighted by Crippen LogP contribution is 2.20. The van der Waals surface area contributed by atoms with Gasteiger partial charge in [0.05, 0.1) is 5.75 Å². The summed E-state index contributed by atoms with van der Waals surface area (Å²) in [5.74, 6) is 0.754. The number of hydrogen-bond acceptors (Lipinski definition) is 6. The second-order valence-corrected chi connectivity index (χ2v) is 7.27. The van der Waals surface area contributed by atoms with E-state index in [2.05, 4.69) is 25.6 Å². The van der Waals surface area contributed by atoms with Gasteiger partial charge in [-0.25, -0.2) is 0 Å². The Kier molecular flexibility index (Phi) is 5.50. The quantitative estimate of drug-likeness (QED) is 0.491. The van der Waals surface area contributed by atoms with Gasteiger partial charge in [0, 0.05) is 29.5 Å². The van der Waals surface area contributed by atoms with E-state index in [1.807, 2.05) is 42.5 Å². The van der Waals surface area contributed by atoms with Crippen LogP contribution in [0.3, 0.4) is 0 Å². The molecular formula is C19H15ClN6OS. The van der Waals surface area contributed by atoms with Gasteiger partial charge in [-0.1, -0.05) is 41.6 Å². The van der Waals surface area contributed by atoms with Crippen LogP contribution in [-0.4, -0.2) is 36.5 Å². The minimum atomic E-state index is -0.0944.